The Morgan fingerprint density at radius 1 is 1.33 bits per heavy atom. The Morgan fingerprint density at radius 2 is 1.93 bits per heavy atom. The fraction of sp³-hybridized carbons (Fsp3) is 0.800. The van der Waals surface area contributed by atoms with Gasteiger partial charge in [-0.15, -0.1) is 0 Å². The van der Waals surface area contributed by atoms with Gasteiger partial charge < -0.3 is 15.5 Å². The number of nitrogens with zero attached hydrogens (tertiary/aromatic N) is 1. The number of likely N-dealkylation sites (tertiary alicyclic amines) is 1. The van der Waals surface area contributed by atoms with Crippen LogP contribution in [0.15, 0.2) is 0 Å². The third kappa shape index (κ3) is 4.78. The molecule has 0 unspecified atom stereocenters. The lowest BCUT2D eigenvalue weighted by Gasteiger charge is -2.29. The van der Waals surface area contributed by atoms with E-state index in [1.54, 1.807) is 0 Å². The number of carbonyl (C=O) groups excluding carboxylic acids is 2. The summed E-state index contributed by atoms with van der Waals surface area (Å²) >= 11 is 0. The van der Waals surface area contributed by atoms with Gasteiger partial charge in [-0.25, -0.2) is 4.79 Å². The van der Waals surface area contributed by atoms with Gasteiger partial charge in [-0.2, -0.15) is 0 Å². The van der Waals surface area contributed by atoms with E-state index in [9.17, 15) is 9.59 Å². The molecule has 1 fully saturated rings. The number of urea groups is 1. The third-order valence-corrected chi connectivity index (χ3v) is 2.55. The summed E-state index contributed by atoms with van der Waals surface area (Å²) in [6, 6.07) is 0.00733. The van der Waals surface area contributed by atoms with Crippen molar-refractivity contribution in [3.63, 3.8) is 0 Å². The van der Waals surface area contributed by atoms with Crippen LogP contribution in [0.1, 0.15) is 19.8 Å². The summed E-state index contributed by atoms with van der Waals surface area (Å²) in [6.45, 7) is 3.59. The summed E-state index contributed by atoms with van der Waals surface area (Å²) < 4.78 is 0. The van der Waals surface area contributed by atoms with Crippen LogP contribution in [0.4, 0.5) is 4.79 Å². The van der Waals surface area contributed by atoms with Gasteiger partial charge in [0.2, 0.25) is 0 Å². The van der Waals surface area contributed by atoms with E-state index < -0.39 is 0 Å². The number of nitrogens with one attached hydrogen (secondary N) is 2. The van der Waals surface area contributed by atoms with Crippen molar-refractivity contribution in [3.05, 3.63) is 0 Å². The molecule has 1 rings (SSSR count). The van der Waals surface area contributed by atoms with Crippen LogP contribution in [0, 0.1) is 0 Å². The van der Waals surface area contributed by atoms with Gasteiger partial charge in [0.1, 0.15) is 5.78 Å². The van der Waals surface area contributed by atoms with Crippen LogP contribution in [0.3, 0.4) is 0 Å². The van der Waals surface area contributed by atoms with E-state index in [0.29, 0.717) is 0 Å². The molecule has 0 aromatic carbocycles. The van der Waals surface area contributed by atoms with E-state index in [0.717, 1.165) is 25.9 Å². The quantitative estimate of drug-likeness (QED) is 0.692. The predicted octanol–water partition coefficient (Wildman–Crippen LogP) is -0.0312. The Morgan fingerprint density at radius 3 is 2.47 bits per heavy atom. The van der Waals surface area contributed by atoms with E-state index in [1.165, 1.54) is 6.92 Å². The maximum absolute atomic E-state index is 11.3. The zero-order chi connectivity index (χ0) is 11.3. The largest absolute Gasteiger partial charge is 0.335 e. The predicted molar refractivity (Wildman–Crippen MR) is 57.7 cm³/mol. The van der Waals surface area contributed by atoms with Gasteiger partial charge in [-0.05, 0) is 39.9 Å². The Hall–Kier alpha value is -1.10. The zero-order valence-corrected chi connectivity index (χ0v) is 9.38. The Balaban J connectivity index is 2.17. The first-order chi connectivity index (χ1) is 7.08. The summed E-state index contributed by atoms with van der Waals surface area (Å²) in [5, 5.41) is 5.39. The van der Waals surface area contributed by atoms with Crippen molar-refractivity contribution in [1.82, 2.24) is 15.5 Å². The number of Topliss-reactive ketones (excluding diaryl/α,β-unsaturated/α-hetero) is 1. The Kier molecular flexibility index (Phi) is 4.55. The molecule has 0 aromatic rings. The molecule has 15 heavy (non-hydrogen) atoms. The lowest BCUT2D eigenvalue weighted by atomic mass is 10.1. The third-order valence-electron chi connectivity index (χ3n) is 2.55. The van der Waals surface area contributed by atoms with E-state index in [2.05, 4.69) is 22.6 Å². The summed E-state index contributed by atoms with van der Waals surface area (Å²) in [4.78, 5) is 24.2. The minimum Gasteiger partial charge on any atom is -0.335 e. The molecule has 0 atom stereocenters. The molecule has 0 bridgehead atoms. The second-order valence-electron chi connectivity index (χ2n) is 4.11. The minimum atomic E-state index is -0.236. The molecule has 2 amide bonds. The van der Waals surface area contributed by atoms with E-state index >= 15 is 0 Å². The number of hydrogen-bond donors (Lipinski definition) is 2. The highest BCUT2D eigenvalue weighted by Gasteiger charge is 2.17. The topological polar surface area (TPSA) is 61.4 Å². The fourth-order valence-electron chi connectivity index (χ4n) is 1.59. The van der Waals surface area contributed by atoms with E-state index in [-0.39, 0.29) is 24.4 Å². The molecule has 0 spiro atoms. The van der Waals surface area contributed by atoms with Gasteiger partial charge >= 0.3 is 6.03 Å². The fourth-order valence-corrected chi connectivity index (χ4v) is 1.59. The lowest BCUT2D eigenvalue weighted by molar-refractivity contribution is -0.116. The zero-order valence-electron chi connectivity index (χ0n) is 9.38. The van der Waals surface area contributed by atoms with Gasteiger partial charge in [0.25, 0.3) is 0 Å². The number of amides is 2. The second-order valence-corrected chi connectivity index (χ2v) is 4.11. The number of ketones is 1. The molecule has 0 radical (unpaired) electrons. The molecule has 1 heterocycles. The van der Waals surface area contributed by atoms with Gasteiger partial charge in [-0.3, -0.25) is 4.79 Å². The molecule has 1 aliphatic rings. The van der Waals surface area contributed by atoms with Crippen molar-refractivity contribution in [2.45, 2.75) is 25.8 Å². The van der Waals surface area contributed by atoms with Crippen LogP contribution in [-0.4, -0.2) is 49.4 Å². The molecule has 1 saturated heterocycles. The summed E-state index contributed by atoms with van der Waals surface area (Å²) in [5.41, 5.74) is 0. The standard InChI is InChI=1S/C10H19N3O2/c1-8(14)7-11-10(15)12-9-3-5-13(2)6-4-9/h9H,3-7H2,1-2H3,(H2,11,12,15). The second kappa shape index (κ2) is 5.70. The van der Waals surface area contributed by atoms with Crippen molar-refractivity contribution in [2.24, 2.45) is 0 Å². The van der Waals surface area contributed by atoms with Crippen LogP contribution >= 0.6 is 0 Å². The molecule has 0 aromatic heterocycles. The lowest BCUT2D eigenvalue weighted by Crippen LogP contribution is -2.47. The first-order valence-electron chi connectivity index (χ1n) is 5.30. The summed E-state index contributed by atoms with van der Waals surface area (Å²) in [5.74, 6) is -0.0338. The number of rotatable bonds is 3. The highest BCUT2D eigenvalue weighted by molar-refractivity contribution is 5.83. The molecule has 5 heteroatoms. The molecule has 86 valence electrons. The normalized spacial score (nSPS) is 18.5. The van der Waals surface area contributed by atoms with Crippen molar-refractivity contribution < 1.29 is 9.59 Å². The summed E-state index contributed by atoms with van der Waals surface area (Å²) in [7, 11) is 2.08. The average molecular weight is 213 g/mol. The first kappa shape index (κ1) is 12.0. The molecular weight excluding hydrogens is 194 g/mol. The SMILES string of the molecule is CC(=O)CNC(=O)NC1CCN(C)CC1. The van der Waals surface area contributed by atoms with Crippen molar-refractivity contribution in [3.8, 4) is 0 Å². The smallest absolute Gasteiger partial charge is 0.315 e. The molecule has 0 saturated carbocycles. The number of hydrogen-bond acceptors (Lipinski definition) is 3. The van der Waals surface area contributed by atoms with Gasteiger partial charge in [0.05, 0.1) is 6.54 Å². The van der Waals surface area contributed by atoms with Crippen molar-refractivity contribution in [2.75, 3.05) is 26.7 Å². The van der Waals surface area contributed by atoms with E-state index in [4.69, 9.17) is 0 Å². The average Bonchev–Trinajstić information content (AvgIpc) is 2.19. The van der Waals surface area contributed by atoms with Gasteiger partial charge in [-0.1, -0.05) is 0 Å². The Labute approximate surface area is 90.2 Å². The molecule has 0 aliphatic carbocycles. The van der Waals surface area contributed by atoms with E-state index in [1.807, 2.05) is 0 Å². The van der Waals surface area contributed by atoms with Crippen molar-refractivity contribution >= 4 is 11.8 Å². The van der Waals surface area contributed by atoms with Gasteiger partial charge in [0.15, 0.2) is 0 Å². The maximum Gasteiger partial charge on any atom is 0.315 e. The number of carbonyl (C=O) groups is 2. The monoisotopic (exact) mass is 213 g/mol. The van der Waals surface area contributed by atoms with Crippen LogP contribution < -0.4 is 10.6 Å². The van der Waals surface area contributed by atoms with Crippen LogP contribution in [0.25, 0.3) is 0 Å². The highest BCUT2D eigenvalue weighted by atomic mass is 16.2. The first-order valence-corrected chi connectivity index (χ1v) is 5.30. The minimum absolute atomic E-state index is 0.0338. The highest BCUT2D eigenvalue weighted by Crippen LogP contribution is 2.07. The summed E-state index contributed by atoms with van der Waals surface area (Å²) in [6.07, 6.45) is 1.95. The Bertz CT molecular complexity index is 235. The molecule has 1 aliphatic heterocycles. The van der Waals surface area contributed by atoms with Gasteiger partial charge in [0, 0.05) is 6.04 Å². The van der Waals surface area contributed by atoms with Crippen LogP contribution in [0.2, 0.25) is 0 Å². The maximum atomic E-state index is 11.3. The molecule has 5 nitrogen and oxygen atoms in total. The molecule has 2 N–H and O–H groups in total. The molecular formula is C10H19N3O2. The number of piperidine rings is 1. The van der Waals surface area contributed by atoms with Crippen molar-refractivity contribution in [1.29, 1.82) is 0 Å². The van der Waals surface area contributed by atoms with Crippen LogP contribution in [-0.2, 0) is 4.79 Å². The van der Waals surface area contributed by atoms with Crippen LogP contribution in [0.5, 0.6) is 0 Å².